The second kappa shape index (κ2) is 4.81. The highest BCUT2D eigenvalue weighted by Crippen LogP contribution is 2.22. The molecule has 66 valence electrons. The molecule has 0 rings (SSSR count). The lowest BCUT2D eigenvalue weighted by atomic mass is 9.76. The lowest BCUT2D eigenvalue weighted by Gasteiger charge is -2.25. The SMILES string of the molecule is BC(O)C(CC(C)C)C(C)C. The highest BCUT2D eigenvalue weighted by molar-refractivity contribution is 6.10. The third-order valence-corrected chi connectivity index (χ3v) is 2.22. The van der Waals surface area contributed by atoms with Crippen molar-refractivity contribution >= 4 is 7.85 Å². The molecule has 0 amide bonds. The fraction of sp³-hybridized carbons (Fsp3) is 1.00. The van der Waals surface area contributed by atoms with Gasteiger partial charge in [0.2, 0.25) is 0 Å². The van der Waals surface area contributed by atoms with Crippen LogP contribution in [0.15, 0.2) is 0 Å². The Morgan fingerprint density at radius 2 is 1.64 bits per heavy atom. The summed E-state index contributed by atoms with van der Waals surface area (Å²) >= 11 is 0. The Hall–Kier alpha value is 0.0249. The van der Waals surface area contributed by atoms with Crippen LogP contribution in [-0.4, -0.2) is 19.0 Å². The second-order valence-corrected chi connectivity index (χ2v) is 4.28. The first-order chi connectivity index (χ1) is 4.95. The van der Waals surface area contributed by atoms with Crippen molar-refractivity contribution in [2.75, 3.05) is 0 Å². The van der Waals surface area contributed by atoms with Crippen LogP contribution in [0.4, 0.5) is 0 Å². The normalized spacial score (nSPS) is 17.4. The summed E-state index contributed by atoms with van der Waals surface area (Å²) in [6, 6.07) is -0.155. The average Bonchev–Trinajstić information content (AvgIpc) is 1.81. The van der Waals surface area contributed by atoms with Crippen LogP contribution in [0.2, 0.25) is 0 Å². The first-order valence-electron chi connectivity index (χ1n) is 4.63. The number of hydrogen-bond acceptors (Lipinski definition) is 1. The first-order valence-corrected chi connectivity index (χ1v) is 4.63. The standard InChI is InChI=1S/C9H21BO/c1-6(2)5-8(7(3)4)9(10)11/h6-9,11H,5,10H2,1-4H3. The van der Waals surface area contributed by atoms with E-state index in [-0.39, 0.29) is 6.00 Å². The Bertz CT molecular complexity index is 91.7. The molecule has 2 heteroatoms. The van der Waals surface area contributed by atoms with Gasteiger partial charge >= 0.3 is 0 Å². The summed E-state index contributed by atoms with van der Waals surface area (Å²) in [5, 5.41) is 9.43. The fourth-order valence-corrected chi connectivity index (χ4v) is 1.57. The lowest BCUT2D eigenvalue weighted by Crippen LogP contribution is -2.26. The largest absolute Gasteiger partial charge is 0.402 e. The maximum Gasteiger partial charge on any atom is 0.139 e. The minimum atomic E-state index is -0.155. The molecule has 0 aliphatic carbocycles. The van der Waals surface area contributed by atoms with Crippen LogP contribution in [-0.2, 0) is 0 Å². The van der Waals surface area contributed by atoms with Gasteiger partial charge in [-0.3, -0.25) is 0 Å². The Morgan fingerprint density at radius 1 is 1.18 bits per heavy atom. The van der Waals surface area contributed by atoms with Crippen LogP contribution in [0.3, 0.4) is 0 Å². The highest BCUT2D eigenvalue weighted by atomic mass is 16.3. The number of rotatable bonds is 4. The average molecular weight is 156 g/mol. The lowest BCUT2D eigenvalue weighted by molar-refractivity contribution is 0.132. The third kappa shape index (κ3) is 4.46. The first kappa shape index (κ1) is 11.0. The molecule has 0 fully saturated rings. The molecule has 0 heterocycles. The molecule has 0 aromatic rings. The van der Waals surface area contributed by atoms with E-state index in [0.717, 1.165) is 6.42 Å². The molecule has 11 heavy (non-hydrogen) atoms. The molecule has 2 unspecified atom stereocenters. The summed E-state index contributed by atoms with van der Waals surface area (Å²) < 4.78 is 0. The Morgan fingerprint density at radius 3 is 1.73 bits per heavy atom. The van der Waals surface area contributed by atoms with Gasteiger partial charge < -0.3 is 5.11 Å². The fourth-order valence-electron chi connectivity index (χ4n) is 1.57. The van der Waals surface area contributed by atoms with E-state index >= 15 is 0 Å². The summed E-state index contributed by atoms with van der Waals surface area (Å²) in [5.74, 6) is 1.75. The molecule has 0 saturated carbocycles. The summed E-state index contributed by atoms with van der Waals surface area (Å²) in [6.45, 7) is 8.77. The Labute approximate surface area is 71.6 Å². The predicted molar refractivity (Wildman–Crippen MR) is 52.3 cm³/mol. The van der Waals surface area contributed by atoms with Crippen LogP contribution in [0, 0.1) is 17.8 Å². The number of hydrogen-bond donors (Lipinski definition) is 1. The molecule has 1 nitrogen and oxygen atoms in total. The predicted octanol–water partition coefficient (Wildman–Crippen LogP) is 1.26. The van der Waals surface area contributed by atoms with Crippen molar-refractivity contribution in [3.63, 3.8) is 0 Å². The monoisotopic (exact) mass is 156 g/mol. The van der Waals surface area contributed by atoms with Crippen molar-refractivity contribution in [2.45, 2.75) is 40.1 Å². The van der Waals surface area contributed by atoms with Gasteiger partial charge in [0.05, 0.1) is 0 Å². The molecule has 1 N–H and O–H groups in total. The van der Waals surface area contributed by atoms with Gasteiger partial charge in [-0.2, -0.15) is 0 Å². The topological polar surface area (TPSA) is 20.2 Å². The minimum absolute atomic E-state index is 0.155. The molecule has 0 aliphatic rings. The quantitative estimate of drug-likeness (QED) is 0.607. The zero-order chi connectivity index (χ0) is 9.02. The number of aliphatic hydroxyl groups excluding tert-OH is 1. The van der Waals surface area contributed by atoms with Gasteiger partial charge in [0.1, 0.15) is 7.85 Å². The second-order valence-electron chi connectivity index (χ2n) is 4.28. The van der Waals surface area contributed by atoms with E-state index in [1.165, 1.54) is 0 Å². The van der Waals surface area contributed by atoms with Crippen LogP contribution >= 0.6 is 0 Å². The maximum absolute atomic E-state index is 9.43. The van der Waals surface area contributed by atoms with Crippen molar-refractivity contribution in [3.05, 3.63) is 0 Å². The van der Waals surface area contributed by atoms with E-state index in [4.69, 9.17) is 0 Å². The smallest absolute Gasteiger partial charge is 0.139 e. The zero-order valence-electron chi connectivity index (χ0n) is 8.46. The molecule has 0 spiro atoms. The van der Waals surface area contributed by atoms with Crippen LogP contribution in [0.1, 0.15) is 34.1 Å². The van der Waals surface area contributed by atoms with Crippen molar-refractivity contribution in [2.24, 2.45) is 17.8 Å². The van der Waals surface area contributed by atoms with Gasteiger partial charge in [-0.1, -0.05) is 27.7 Å². The van der Waals surface area contributed by atoms with Gasteiger partial charge in [-0.05, 0) is 24.2 Å². The molecular weight excluding hydrogens is 135 g/mol. The van der Waals surface area contributed by atoms with Gasteiger partial charge in [-0.25, -0.2) is 0 Å². The molecular formula is C9H21BO. The summed E-state index contributed by atoms with van der Waals surface area (Å²) in [5.41, 5.74) is 0. The maximum atomic E-state index is 9.43. The molecule has 0 aromatic heterocycles. The molecule has 0 bridgehead atoms. The van der Waals surface area contributed by atoms with Crippen molar-refractivity contribution in [3.8, 4) is 0 Å². The van der Waals surface area contributed by atoms with Crippen LogP contribution in [0.25, 0.3) is 0 Å². The van der Waals surface area contributed by atoms with E-state index in [1.807, 2.05) is 7.85 Å². The van der Waals surface area contributed by atoms with Gasteiger partial charge in [-0.15, -0.1) is 0 Å². The molecule has 0 saturated heterocycles. The van der Waals surface area contributed by atoms with E-state index in [0.29, 0.717) is 17.8 Å². The highest BCUT2D eigenvalue weighted by Gasteiger charge is 2.19. The van der Waals surface area contributed by atoms with Crippen molar-refractivity contribution < 1.29 is 5.11 Å². The molecule has 0 aromatic carbocycles. The summed E-state index contributed by atoms with van der Waals surface area (Å²) in [6.07, 6.45) is 1.13. The van der Waals surface area contributed by atoms with E-state index in [9.17, 15) is 5.11 Å². The van der Waals surface area contributed by atoms with Gasteiger partial charge in [0.15, 0.2) is 0 Å². The molecule has 2 atom stereocenters. The zero-order valence-corrected chi connectivity index (χ0v) is 8.46. The van der Waals surface area contributed by atoms with Crippen LogP contribution < -0.4 is 0 Å². The van der Waals surface area contributed by atoms with Crippen LogP contribution in [0.5, 0.6) is 0 Å². The van der Waals surface area contributed by atoms with Gasteiger partial charge in [0.25, 0.3) is 0 Å². The van der Waals surface area contributed by atoms with E-state index in [1.54, 1.807) is 0 Å². The summed E-state index contributed by atoms with van der Waals surface area (Å²) in [4.78, 5) is 0. The Kier molecular flexibility index (Phi) is 4.82. The van der Waals surface area contributed by atoms with Crippen molar-refractivity contribution in [1.29, 1.82) is 0 Å². The minimum Gasteiger partial charge on any atom is -0.402 e. The molecule has 0 radical (unpaired) electrons. The van der Waals surface area contributed by atoms with E-state index < -0.39 is 0 Å². The van der Waals surface area contributed by atoms with Crippen molar-refractivity contribution in [1.82, 2.24) is 0 Å². The summed E-state index contributed by atoms with van der Waals surface area (Å²) in [7, 11) is 1.90. The van der Waals surface area contributed by atoms with Gasteiger partial charge in [0, 0.05) is 6.00 Å². The number of aliphatic hydroxyl groups is 1. The Balaban J connectivity index is 3.90. The van der Waals surface area contributed by atoms with E-state index in [2.05, 4.69) is 27.7 Å². The molecule has 0 aliphatic heterocycles. The third-order valence-electron chi connectivity index (χ3n) is 2.22.